The number of amides is 1. The van der Waals surface area contributed by atoms with Gasteiger partial charge in [-0.05, 0) is 37.1 Å². The van der Waals surface area contributed by atoms with Gasteiger partial charge in [-0.3, -0.25) is 4.79 Å². The molecule has 0 aliphatic carbocycles. The van der Waals surface area contributed by atoms with Gasteiger partial charge in [0.25, 0.3) is 5.91 Å². The Morgan fingerprint density at radius 3 is 2.94 bits per heavy atom. The molecule has 1 fully saturated rings. The number of carbonyl (C=O) groups is 1. The van der Waals surface area contributed by atoms with E-state index in [0.29, 0.717) is 6.42 Å². The summed E-state index contributed by atoms with van der Waals surface area (Å²) in [4.78, 5) is 27.4. The molecule has 9 heteroatoms. The minimum atomic E-state index is -0.445. The van der Waals surface area contributed by atoms with Gasteiger partial charge >= 0.3 is 0 Å². The molecule has 1 saturated heterocycles. The van der Waals surface area contributed by atoms with E-state index in [4.69, 9.17) is 10.2 Å². The normalized spacial score (nSPS) is 15.2. The van der Waals surface area contributed by atoms with Crippen molar-refractivity contribution in [1.29, 1.82) is 5.26 Å². The smallest absolute Gasteiger partial charge is 0.251 e. The number of pyridine rings is 1. The molecule has 3 aromatic heterocycles. The van der Waals surface area contributed by atoms with E-state index >= 15 is 0 Å². The lowest BCUT2D eigenvalue weighted by Gasteiger charge is -2.33. The number of aromatic nitrogens is 4. The van der Waals surface area contributed by atoms with Crippen molar-refractivity contribution in [3.8, 4) is 6.07 Å². The molecule has 0 radical (unpaired) electrons. The molecular formula is C24H24FN7O. The van der Waals surface area contributed by atoms with Crippen LogP contribution in [0.25, 0.3) is 22.1 Å². The zero-order valence-electron chi connectivity index (χ0n) is 18.1. The Labute approximate surface area is 190 Å². The zero-order chi connectivity index (χ0) is 22.8. The Balaban J connectivity index is 1.45. The number of nitrogens with one attached hydrogen (secondary N) is 2. The quantitative estimate of drug-likeness (QED) is 0.473. The second-order valence-corrected chi connectivity index (χ2v) is 8.30. The van der Waals surface area contributed by atoms with Gasteiger partial charge < -0.3 is 19.8 Å². The van der Waals surface area contributed by atoms with E-state index in [1.807, 2.05) is 12.3 Å². The number of fused-ring (bicyclic) bond motifs is 3. The fourth-order valence-corrected chi connectivity index (χ4v) is 4.66. The summed E-state index contributed by atoms with van der Waals surface area (Å²) in [5, 5.41) is 12.8. The first-order chi connectivity index (χ1) is 16.1. The largest absolute Gasteiger partial charge is 0.346 e. The van der Waals surface area contributed by atoms with Crippen molar-refractivity contribution >= 4 is 28.0 Å². The van der Waals surface area contributed by atoms with Crippen LogP contribution >= 0.6 is 0 Å². The number of nitriles is 1. The van der Waals surface area contributed by atoms with Crippen molar-refractivity contribution in [2.45, 2.75) is 31.8 Å². The molecule has 0 spiro atoms. The lowest BCUT2D eigenvalue weighted by atomic mass is 10.0. The summed E-state index contributed by atoms with van der Waals surface area (Å²) in [5.41, 5.74) is 2.86. The lowest BCUT2D eigenvalue weighted by molar-refractivity contribution is 0.0948. The van der Waals surface area contributed by atoms with Crippen LogP contribution in [0.2, 0.25) is 0 Å². The average molecular weight is 446 g/mol. The number of piperidine rings is 1. The average Bonchev–Trinajstić information content (AvgIpc) is 3.45. The van der Waals surface area contributed by atoms with E-state index in [1.165, 1.54) is 18.2 Å². The van der Waals surface area contributed by atoms with Crippen molar-refractivity contribution in [3.05, 3.63) is 59.9 Å². The summed E-state index contributed by atoms with van der Waals surface area (Å²) in [5.74, 6) is -0.0379. The van der Waals surface area contributed by atoms with Gasteiger partial charge in [-0.25, -0.2) is 14.4 Å². The number of hydrogen-bond donors (Lipinski definition) is 2. The van der Waals surface area contributed by atoms with Crippen LogP contribution in [0.4, 0.5) is 4.39 Å². The van der Waals surface area contributed by atoms with Crippen LogP contribution in [0.5, 0.6) is 0 Å². The Hall–Kier alpha value is -3.77. The van der Waals surface area contributed by atoms with Crippen molar-refractivity contribution in [3.63, 3.8) is 0 Å². The minimum Gasteiger partial charge on any atom is -0.346 e. The molecule has 33 heavy (non-hydrogen) atoms. The molecule has 0 unspecified atom stereocenters. The SMILES string of the molecule is N#CCCN1CCC(n2c(CNC(=O)c3cccc(F)c3)nc3cnc4[nH]ccc4c32)CC1. The van der Waals surface area contributed by atoms with Crippen molar-refractivity contribution in [2.75, 3.05) is 19.6 Å². The number of H-pyrrole nitrogens is 1. The molecule has 1 aromatic carbocycles. The van der Waals surface area contributed by atoms with Crippen molar-refractivity contribution in [1.82, 2.24) is 29.7 Å². The highest BCUT2D eigenvalue weighted by Gasteiger charge is 2.26. The summed E-state index contributed by atoms with van der Waals surface area (Å²) in [7, 11) is 0. The number of halogens is 1. The third-order valence-electron chi connectivity index (χ3n) is 6.26. The van der Waals surface area contributed by atoms with Gasteiger partial charge in [0.2, 0.25) is 0 Å². The van der Waals surface area contributed by atoms with Gasteiger partial charge in [0.15, 0.2) is 0 Å². The van der Waals surface area contributed by atoms with E-state index in [0.717, 1.165) is 60.4 Å². The molecule has 0 saturated carbocycles. The van der Waals surface area contributed by atoms with E-state index in [9.17, 15) is 9.18 Å². The molecule has 8 nitrogen and oxygen atoms in total. The monoisotopic (exact) mass is 445 g/mol. The predicted molar refractivity (Wildman–Crippen MR) is 122 cm³/mol. The molecule has 2 N–H and O–H groups in total. The van der Waals surface area contributed by atoms with Crippen LogP contribution in [0.15, 0.2) is 42.7 Å². The number of benzene rings is 1. The Bertz CT molecular complexity index is 1340. The lowest BCUT2D eigenvalue weighted by Crippen LogP contribution is -2.36. The summed E-state index contributed by atoms with van der Waals surface area (Å²) in [6.07, 6.45) is 6.01. The van der Waals surface area contributed by atoms with E-state index in [2.05, 4.69) is 30.8 Å². The summed E-state index contributed by atoms with van der Waals surface area (Å²) in [6.45, 7) is 2.83. The number of rotatable bonds is 6. The van der Waals surface area contributed by atoms with Crippen molar-refractivity contribution in [2.24, 2.45) is 0 Å². The fraction of sp³-hybridized carbons (Fsp3) is 0.333. The van der Waals surface area contributed by atoms with Crippen LogP contribution in [-0.2, 0) is 6.54 Å². The molecule has 1 aliphatic heterocycles. The molecule has 4 heterocycles. The number of nitrogens with zero attached hydrogens (tertiary/aromatic N) is 5. The zero-order valence-corrected chi connectivity index (χ0v) is 18.1. The van der Waals surface area contributed by atoms with Crippen LogP contribution in [0.3, 0.4) is 0 Å². The highest BCUT2D eigenvalue weighted by atomic mass is 19.1. The third kappa shape index (κ3) is 4.17. The molecule has 1 aliphatic rings. The van der Waals surface area contributed by atoms with Gasteiger partial charge in [0.1, 0.15) is 22.8 Å². The van der Waals surface area contributed by atoms with Gasteiger partial charge in [-0.15, -0.1) is 0 Å². The van der Waals surface area contributed by atoms with Crippen LogP contribution < -0.4 is 5.32 Å². The van der Waals surface area contributed by atoms with Gasteiger partial charge in [0.05, 0.1) is 24.3 Å². The Morgan fingerprint density at radius 2 is 2.15 bits per heavy atom. The van der Waals surface area contributed by atoms with E-state index < -0.39 is 5.82 Å². The highest BCUT2D eigenvalue weighted by molar-refractivity contribution is 6.01. The standard InChI is InChI=1S/C24H24FN7O/c25-17-4-1-3-16(13-17)24(33)29-15-21-30-20-14-28-23-19(5-9-27-23)22(20)32(21)18-6-11-31(12-7-18)10-2-8-26/h1,3-5,9,13-14,18H,2,6-7,10-12,15H2,(H,27,28)(H,29,33). The molecule has 0 atom stereocenters. The van der Waals surface area contributed by atoms with Crippen LogP contribution in [0.1, 0.15) is 41.5 Å². The number of imidazole rings is 1. The van der Waals surface area contributed by atoms with E-state index in [1.54, 1.807) is 12.3 Å². The van der Waals surface area contributed by atoms with Crippen molar-refractivity contribution < 1.29 is 9.18 Å². The molecule has 0 bridgehead atoms. The topological polar surface area (TPSA) is 103 Å². The predicted octanol–water partition coefficient (Wildman–Crippen LogP) is 3.53. The number of carbonyl (C=O) groups excluding carboxylic acids is 1. The van der Waals surface area contributed by atoms with Gasteiger partial charge in [-0.2, -0.15) is 5.26 Å². The fourth-order valence-electron chi connectivity index (χ4n) is 4.66. The minimum absolute atomic E-state index is 0.218. The molecule has 1 amide bonds. The molecule has 168 valence electrons. The first-order valence-corrected chi connectivity index (χ1v) is 11.1. The van der Waals surface area contributed by atoms with E-state index in [-0.39, 0.29) is 24.1 Å². The molecule has 4 aromatic rings. The maximum Gasteiger partial charge on any atom is 0.251 e. The summed E-state index contributed by atoms with van der Waals surface area (Å²) < 4.78 is 15.8. The van der Waals surface area contributed by atoms with Crippen LogP contribution in [-0.4, -0.2) is 50.0 Å². The summed E-state index contributed by atoms with van der Waals surface area (Å²) >= 11 is 0. The van der Waals surface area contributed by atoms with Gasteiger partial charge in [0, 0.05) is 49.2 Å². The first kappa shape index (κ1) is 21.1. The molecular weight excluding hydrogens is 421 g/mol. The second kappa shape index (κ2) is 9.00. The van der Waals surface area contributed by atoms with Gasteiger partial charge in [-0.1, -0.05) is 6.07 Å². The van der Waals surface area contributed by atoms with Crippen LogP contribution in [0, 0.1) is 17.1 Å². The maximum absolute atomic E-state index is 13.5. The highest BCUT2D eigenvalue weighted by Crippen LogP contribution is 2.32. The Morgan fingerprint density at radius 1 is 1.30 bits per heavy atom. The molecule has 5 rings (SSSR count). The second-order valence-electron chi connectivity index (χ2n) is 8.30. The summed E-state index contributed by atoms with van der Waals surface area (Å²) in [6, 6.07) is 10.1. The number of hydrogen-bond acceptors (Lipinski definition) is 5. The maximum atomic E-state index is 13.5. The third-order valence-corrected chi connectivity index (χ3v) is 6.26. The Kier molecular flexibility index (Phi) is 5.75. The number of likely N-dealkylation sites (tertiary alicyclic amines) is 1. The first-order valence-electron chi connectivity index (χ1n) is 11.1. The number of aromatic amines is 1.